The van der Waals surface area contributed by atoms with E-state index in [0.717, 1.165) is 48.5 Å². The first kappa shape index (κ1) is 15.7. The summed E-state index contributed by atoms with van der Waals surface area (Å²) in [4.78, 5) is 15.2. The zero-order chi connectivity index (χ0) is 14.9. The van der Waals surface area contributed by atoms with Crippen LogP contribution in [0.1, 0.15) is 11.3 Å². The molecule has 0 unspecified atom stereocenters. The van der Waals surface area contributed by atoms with E-state index in [0.29, 0.717) is 0 Å². The van der Waals surface area contributed by atoms with Crippen LogP contribution in [0.3, 0.4) is 0 Å². The molecule has 0 saturated heterocycles. The Hall–Kier alpha value is -2.17. The third-order valence-electron chi connectivity index (χ3n) is 4.20. The fourth-order valence-electron chi connectivity index (χ4n) is 3.11. The molecule has 0 aliphatic carbocycles. The summed E-state index contributed by atoms with van der Waals surface area (Å²) in [6, 6.07) is 10.1. The number of hydrogen-bond donors (Lipinski definition) is 1. The lowest BCUT2D eigenvalue weighted by molar-refractivity contribution is 0.282. The van der Waals surface area contributed by atoms with E-state index in [1.165, 1.54) is 11.3 Å². The number of halogens is 1. The molecule has 1 aromatic carbocycles. The van der Waals surface area contributed by atoms with Gasteiger partial charge in [-0.3, -0.25) is 4.90 Å². The van der Waals surface area contributed by atoms with Crippen molar-refractivity contribution in [1.82, 2.24) is 19.9 Å². The van der Waals surface area contributed by atoms with E-state index >= 15 is 0 Å². The van der Waals surface area contributed by atoms with Crippen LogP contribution < -0.4 is 0 Å². The van der Waals surface area contributed by atoms with Gasteiger partial charge in [-0.15, -0.1) is 19.0 Å². The maximum atomic E-state index is 4.82. The highest BCUT2D eigenvalue weighted by Crippen LogP contribution is 2.27. The van der Waals surface area contributed by atoms with Crippen LogP contribution in [-0.4, -0.2) is 32.9 Å². The number of nitrogens with one attached hydrogen (secondary N) is 1. The van der Waals surface area contributed by atoms with Gasteiger partial charge in [-0.05, 0) is 0 Å². The van der Waals surface area contributed by atoms with Crippen molar-refractivity contribution in [2.45, 2.75) is 13.0 Å². The highest BCUT2D eigenvalue weighted by Gasteiger charge is 2.21. The molecular weight excluding hydrogens is 308 g/mol. The van der Waals surface area contributed by atoms with Crippen molar-refractivity contribution in [3.05, 3.63) is 60.4 Å². The van der Waals surface area contributed by atoms with Gasteiger partial charge in [0.25, 0.3) is 0 Å². The van der Waals surface area contributed by atoms with Gasteiger partial charge in [0, 0.05) is 42.9 Å². The van der Waals surface area contributed by atoms with Gasteiger partial charge < -0.3 is 4.98 Å². The lowest BCUT2D eigenvalue weighted by Crippen LogP contribution is -2.30. The monoisotopic (exact) mass is 326 g/mol. The third-order valence-corrected chi connectivity index (χ3v) is 4.20. The summed E-state index contributed by atoms with van der Waals surface area (Å²) in [5.41, 5.74) is 5.75. The second kappa shape index (κ2) is 6.52. The molecule has 3 heterocycles. The molecule has 23 heavy (non-hydrogen) atoms. The van der Waals surface area contributed by atoms with E-state index in [9.17, 15) is 0 Å². The Morgan fingerprint density at radius 1 is 1.26 bits per heavy atom. The van der Waals surface area contributed by atoms with Gasteiger partial charge >= 0.3 is 0 Å². The summed E-state index contributed by atoms with van der Waals surface area (Å²) in [6.07, 6.45) is 4.89. The molecule has 0 amide bonds. The summed E-state index contributed by atoms with van der Waals surface area (Å²) < 4.78 is 0. The Bertz CT molecular complexity index is 826. The van der Waals surface area contributed by atoms with Crippen LogP contribution in [-0.2, 0) is 13.0 Å². The second-order valence-corrected chi connectivity index (χ2v) is 5.68. The number of aromatic nitrogens is 3. The minimum atomic E-state index is 0. The predicted molar refractivity (Wildman–Crippen MR) is 95.8 cm³/mol. The molecule has 1 aliphatic heterocycles. The zero-order valence-electron chi connectivity index (χ0n) is 12.8. The molecule has 4 rings (SSSR count). The molecule has 0 radical (unpaired) electrons. The van der Waals surface area contributed by atoms with Gasteiger partial charge in [0.2, 0.25) is 0 Å². The first-order chi connectivity index (χ1) is 10.8. The van der Waals surface area contributed by atoms with Crippen LogP contribution in [0.4, 0.5) is 0 Å². The van der Waals surface area contributed by atoms with Crippen molar-refractivity contribution in [2.24, 2.45) is 0 Å². The van der Waals surface area contributed by atoms with Gasteiger partial charge in [0.05, 0.1) is 17.2 Å². The standard InChI is InChI=1S/C18H18N4.ClH/c1-2-9-22-10-8-15-14(12-22)17-16(20-15)11-19-18(21-17)13-6-4-3-5-7-13;/h2-7,11,20H,1,8-10,12H2;1H. The minimum Gasteiger partial charge on any atom is -0.355 e. The van der Waals surface area contributed by atoms with E-state index in [1.54, 1.807) is 0 Å². The zero-order valence-corrected chi connectivity index (χ0v) is 13.6. The summed E-state index contributed by atoms with van der Waals surface area (Å²) >= 11 is 0. The first-order valence-corrected chi connectivity index (χ1v) is 7.60. The van der Waals surface area contributed by atoms with Crippen molar-refractivity contribution in [3.8, 4) is 11.4 Å². The van der Waals surface area contributed by atoms with E-state index in [2.05, 4.69) is 21.4 Å². The fourth-order valence-corrected chi connectivity index (χ4v) is 3.11. The average molecular weight is 327 g/mol. The Kier molecular flexibility index (Phi) is 4.46. The maximum Gasteiger partial charge on any atom is 0.159 e. The fraction of sp³-hybridized carbons (Fsp3) is 0.222. The van der Waals surface area contributed by atoms with Crippen LogP contribution in [0.25, 0.3) is 22.4 Å². The number of aromatic amines is 1. The molecule has 3 aromatic rings. The number of nitrogens with zero attached hydrogens (tertiary/aromatic N) is 3. The Morgan fingerprint density at radius 3 is 2.87 bits per heavy atom. The number of rotatable bonds is 3. The molecule has 5 heteroatoms. The van der Waals surface area contributed by atoms with Gasteiger partial charge in [0.15, 0.2) is 5.82 Å². The molecule has 2 aromatic heterocycles. The molecule has 0 bridgehead atoms. The molecular formula is C18H19ClN4. The quantitative estimate of drug-likeness (QED) is 0.748. The number of hydrogen-bond acceptors (Lipinski definition) is 3. The average Bonchev–Trinajstić information content (AvgIpc) is 2.93. The molecule has 118 valence electrons. The van der Waals surface area contributed by atoms with E-state index < -0.39 is 0 Å². The Labute approximate surface area is 141 Å². The van der Waals surface area contributed by atoms with Crippen LogP contribution in [0, 0.1) is 0 Å². The molecule has 1 N–H and O–H groups in total. The molecule has 0 fully saturated rings. The summed E-state index contributed by atoms with van der Waals surface area (Å²) in [5.74, 6) is 0.788. The normalized spacial score (nSPS) is 14.3. The SMILES string of the molecule is C=CCN1CCc2[nH]c3cnc(-c4ccccc4)nc3c2C1.Cl. The van der Waals surface area contributed by atoms with Crippen molar-refractivity contribution in [3.63, 3.8) is 0 Å². The van der Waals surface area contributed by atoms with Gasteiger partial charge in [-0.25, -0.2) is 9.97 Å². The van der Waals surface area contributed by atoms with Crippen LogP contribution in [0.5, 0.6) is 0 Å². The molecule has 1 aliphatic rings. The number of H-pyrrole nitrogens is 1. The van der Waals surface area contributed by atoms with Gasteiger partial charge in [-0.1, -0.05) is 36.4 Å². The largest absolute Gasteiger partial charge is 0.355 e. The van der Waals surface area contributed by atoms with Crippen molar-refractivity contribution in [2.75, 3.05) is 13.1 Å². The smallest absolute Gasteiger partial charge is 0.159 e. The summed E-state index contributed by atoms with van der Waals surface area (Å²) in [7, 11) is 0. The van der Waals surface area contributed by atoms with Crippen LogP contribution in [0.15, 0.2) is 49.2 Å². The van der Waals surface area contributed by atoms with E-state index in [1.807, 2.05) is 42.6 Å². The Balaban J connectivity index is 0.00000156. The highest BCUT2D eigenvalue weighted by atomic mass is 35.5. The van der Waals surface area contributed by atoms with Crippen LogP contribution in [0.2, 0.25) is 0 Å². The summed E-state index contributed by atoms with van der Waals surface area (Å²) in [5, 5.41) is 0. The minimum absolute atomic E-state index is 0. The summed E-state index contributed by atoms with van der Waals surface area (Å²) in [6.45, 7) is 6.74. The molecule has 0 saturated carbocycles. The van der Waals surface area contributed by atoms with Crippen molar-refractivity contribution in [1.29, 1.82) is 0 Å². The number of benzene rings is 1. The van der Waals surface area contributed by atoms with Crippen molar-refractivity contribution < 1.29 is 0 Å². The maximum absolute atomic E-state index is 4.82. The predicted octanol–water partition coefficient (Wildman–Crippen LogP) is 3.59. The molecule has 0 spiro atoms. The third kappa shape index (κ3) is 2.87. The lowest BCUT2D eigenvalue weighted by Gasteiger charge is -2.25. The molecule has 4 nitrogen and oxygen atoms in total. The lowest BCUT2D eigenvalue weighted by atomic mass is 10.1. The number of fused-ring (bicyclic) bond motifs is 3. The van der Waals surface area contributed by atoms with E-state index in [4.69, 9.17) is 4.98 Å². The Morgan fingerprint density at radius 2 is 2.09 bits per heavy atom. The van der Waals surface area contributed by atoms with E-state index in [-0.39, 0.29) is 12.4 Å². The second-order valence-electron chi connectivity index (χ2n) is 5.68. The highest BCUT2D eigenvalue weighted by molar-refractivity contribution is 5.85. The van der Waals surface area contributed by atoms with Gasteiger partial charge in [0.1, 0.15) is 0 Å². The molecule has 0 atom stereocenters. The van der Waals surface area contributed by atoms with Crippen molar-refractivity contribution >= 4 is 23.4 Å². The first-order valence-electron chi connectivity index (χ1n) is 7.60. The topological polar surface area (TPSA) is 44.8 Å². The van der Waals surface area contributed by atoms with Gasteiger partial charge in [-0.2, -0.15) is 0 Å². The van der Waals surface area contributed by atoms with Crippen LogP contribution >= 0.6 is 12.4 Å².